The Hall–Kier alpha value is -0.830. The maximum atomic E-state index is 6.00. The zero-order valence-electron chi connectivity index (χ0n) is 8.04. The molecule has 2 rings (SSSR count). The van der Waals surface area contributed by atoms with Crippen LogP contribution in [0.25, 0.3) is 0 Å². The highest BCUT2D eigenvalue weighted by Crippen LogP contribution is 2.33. The fourth-order valence-electron chi connectivity index (χ4n) is 1.94. The number of hydrogen-bond acceptors (Lipinski definition) is 3. The Morgan fingerprint density at radius 3 is 2.50 bits per heavy atom. The van der Waals surface area contributed by atoms with Gasteiger partial charge in [0.1, 0.15) is 0 Å². The van der Waals surface area contributed by atoms with Crippen molar-refractivity contribution in [1.82, 2.24) is 9.97 Å². The average Bonchev–Trinajstić information content (AvgIpc) is 2.69. The van der Waals surface area contributed by atoms with E-state index in [0.29, 0.717) is 11.8 Å². The highest BCUT2D eigenvalue weighted by atomic mass is 35.5. The zero-order chi connectivity index (χ0) is 9.86. The van der Waals surface area contributed by atoms with Crippen LogP contribution in [0.5, 0.6) is 0 Å². The molecule has 14 heavy (non-hydrogen) atoms. The molecule has 0 bridgehead atoms. The van der Waals surface area contributed by atoms with E-state index < -0.39 is 0 Å². The van der Waals surface area contributed by atoms with Crippen LogP contribution in [-0.4, -0.2) is 21.4 Å². The molecule has 76 valence electrons. The molecule has 0 aromatic carbocycles. The van der Waals surface area contributed by atoms with Gasteiger partial charge in [-0.1, -0.05) is 12.8 Å². The summed E-state index contributed by atoms with van der Waals surface area (Å²) in [5.74, 6) is 1.32. The molecule has 3 nitrogen and oxygen atoms in total. The molecule has 1 aliphatic carbocycles. The van der Waals surface area contributed by atoms with E-state index >= 15 is 0 Å². The molecule has 1 saturated carbocycles. The summed E-state index contributed by atoms with van der Waals surface area (Å²) in [7, 11) is 0. The van der Waals surface area contributed by atoms with Crippen molar-refractivity contribution in [2.24, 2.45) is 0 Å². The number of halogens is 1. The lowest BCUT2D eigenvalue weighted by molar-refractivity contribution is 0.534. The average molecular weight is 212 g/mol. The number of aromatic nitrogens is 2. The van der Waals surface area contributed by atoms with Gasteiger partial charge in [0, 0.05) is 18.3 Å². The second-order valence-corrected chi connectivity index (χ2v) is 4.09. The van der Waals surface area contributed by atoms with Gasteiger partial charge < -0.3 is 5.32 Å². The third-order valence-corrected chi connectivity index (χ3v) is 3.27. The summed E-state index contributed by atoms with van der Waals surface area (Å²) in [6.45, 7) is 0. The minimum atomic E-state index is 0.0307. The number of nitrogens with one attached hydrogen (secondary N) is 1. The fraction of sp³-hybridized carbons (Fsp3) is 0.600. The SMILES string of the molecule is ClCC1(Nc2ncccn2)CCCC1. The highest BCUT2D eigenvalue weighted by molar-refractivity contribution is 6.18. The largest absolute Gasteiger partial charge is 0.348 e. The van der Waals surface area contributed by atoms with E-state index in [9.17, 15) is 0 Å². The van der Waals surface area contributed by atoms with Gasteiger partial charge in [-0.2, -0.15) is 0 Å². The first kappa shape index (κ1) is 9.71. The lowest BCUT2D eigenvalue weighted by atomic mass is 10.0. The van der Waals surface area contributed by atoms with Crippen LogP contribution in [-0.2, 0) is 0 Å². The Morgan fingerprint density at radius 1 is 1.29 bits per heavy atom. The van der Waals surface area contributed by atoms with Crippen LogP contribution >= 0.6 is 11.6 Å². The summed E-state index contributed by atoms with van der Waals surface area (Å²) in [5, 5.41) is 3.35. The van der Waals surface area contributed by atoms with E-state index in [1.54, 1.807) is 12.4 Å². The molecule has 0 aliphatic heterocycles. The van der Waals surface area contributed by atoms with Crippen molar-refractivity contribution in [3.05, 3.63) is 18.5 Å². The van der Waals surface area contributed by atoms with Crippen LogP contribution in [0.2, 0.25) is 0 Å². The molecular formula is C10H14ClN3. The van der Waals surface area contributed by atoms with E-state index in [2.05, 4.69) is 15.3 Å². The predicted octanol–water partition coefficient (Wildman–Crippen LogP) is 2.44. The molecule has 1 N–H and O–H groups in total. The smallest absolute Gasteiger partial charge is 0.223 e. The normalized spacial score (nSPS) is 19.5. The van der Waals surface area contributed by atoms with Gasteiger partial charge in [0.25, 0.3) is 0 Å². The van der Waals surface area contributed by atoms with E-state index in [1.807, 2.05) is 6.07 Å². The molecular weight excluding hydrogens is 198 g/mol. The van der Waals surface area contributed by atoms with Crippen molar-refractivity contribution in [2.75, 3.05) is 11.2 Å². The highest BCUT2D eigenvalue weighted by Gasteiger charge is 2.33. The van der Waals surface area contributed by atoms with Crippen LogP contribution in [0.4, 0.5) is 5.95 Å². The van der Waals surface area contributed by atoms with Crippen molar-refractivity contribution in [3.8, 4) is 0 Å². The van der Waals surface area contributed by atoms with E-state index in [4.69, 9.17) is 11.6 Å². The third kappa shape index (κ3) is 1.98. The molecule has 0 atom stereocenters. The minimum Gasteiger partial charge on any atom is -0.348 e. The van der Waals surface area contributed by atoms with Gasteiger partial charge in [0.2, 0.25) is 5.95 Å². The van der Waals surface area contributed by atoms with Crippen LogP contribution in [0.15, 0.2) is 18.5 Å². The molecule has 1 aromatic heterocycles. The molecule has 1 fully saturated rings. The third-order valence-electron chi connectivity index (χ3n) is 2.76. The quantitative estimate of drug-likeness (QED) is 0.781. The Balaban J connectivity index is 2.08. The molecule has 0 spiro atoms. The Bertz CT molecular complexity index is 283. The molecule has 1 heterocycles. The summed E-state index contributed by atoms with van der Waals surface area (Å²) in [5.41, 5.74) is 0.0307. The van der Waals surface area contributed by atoms with Crippen molar-refractivity contribution < 1.29 is 0 Å². The van der Waals surface area contributed by atoms with Crippen molar-refractivity contribution in [3.63, 3.8) is 0 Å². The summed E-state index contributed by atoms with van der Waals surface area (Å²) >= 11 is 6.00. The molecule has 0 unspecified atom stereocenters. The summed E-state index contributed by atoms with van der Waals surface area (Å²) in [6.07, 6.45) is 8.21. The summed E-state index contributed by atoms with van der Waals surface area (Å²) in [4.78, 5) is 8.31. The standard InChI is InChI=1S/C10H14ClN3/c11-8-10(4-1-2-5-10)14-9-12-6-3-7-13-9/h3,6-7H,1-2,4-5,8H2,(H,12,13,14). The lowest BCUT2D eigenvalue weighted by Crippen LogP contribution is -2.37. The number of anilines is 1. The van der Waals surface area contributed by atoms with Gasteiger partial charge in [0.15, 0.2) is 0 Å². The maximum absolute atomic E-state index is 6.00. The molecule has 0 radical (unpaired) electrons. The van der Waals surface area contributed by atoms with Crippen molar-refractivity contribution >= 4 is 17.5 Å². The Labute approximate surface area is 88.9 Å². The van der Waals surface area contributed by atoms with Gasteiger partial charge in [-0.25, -0.2) is 9.97 Å². The van der Waals surface area contributed by atoms with Gasteiger partial charge in [-0.05, 0) is 18.9 Å². The van der Waals surface area contributed by atoms with Crippen LogP contribution in [0, 0.1) is 0 Å². The number of nitrogens with zero attached hydrogens (tertiary/aromatic N) is 2. The Kier molecular flexibility index (Phi) is 2.87. The van der Waals surface area contributed by atoms with E-state index in [-0.39, 0.29) is 5.54 Å². The molecule has 0 amide bonds. The van der Waals surface area contributed by atoms with E-state index in [1.165, 1.54) is 12.8 Å². The molecule has 0 saturated heterocycles. The first-order chi connectivity index (χ1) is 6.85. The van der Waals surface area contributed by atoms with Crippen LogP contribution in [0.1, 0.15) is 25.7 Å². The summed E-state index contributed by atoms with van der Waals surface area (Å²) in [6, 6.07) is 1.81. The number of rotatable bonds is 3. The van der Waals surface area contributed by atoms with Gasteiger partial charge in [0.05, 0.1) is 5.54 Å². The van der Waals surface area contributed by atoms with Crippen LogP contribution in [0.3, 0.4) is 0 Å². The topological polar surface area (TPSA) is 37.8 Å². The van der Waals surface area contributed by atoms with Crippen molar-refractivity contribution in [2.45, 2.75) is 31.2 Å². The zero-order valence-corrected chi connectivity index (χ0v) is 8.80. The molecule has 1 aromatic rings. The van der Waals surface area contributed by atoms with E-state index in [0.717, 1.165) is 12.8 Å². The Morgan fingerprint density at radius 2 is 1.93 bits per heavy atom. The van der Waals surface area contributed by atoms with Gasteiger partial charge >= 0.3 is 0 Å². The predicted molar refractivity (Wildman–Crippen MR) is 57.6 cm³/mol. The van der Waals surface area contributed by atoms with Gasteiger partial charge in [-0.3, -0.25) is 0 Å². The number of hydrogen-bond donors (Lipinski definition) is 1. The fourth-order valence-corrected chi connectivity index (χ4v) is 2.28. The monoisotopic (exact) mass is 211 g/mol. The first-order valence-electron chi connectivity index (χ1n) is 4.96. The summed E-state index contributed by atoms with van der Waals surface area (Å²) < 4.78 is 0. The molecule has 4 heteroatoms. The first-order valence-corrected chi connectivity index (χ1v) is 5.49. The molecule has 1 aliphatic rings. The second-order valence-electron chi connectivity index (χ2n) is 3.82. The van der Waals surface area contributed by atoms with Crippen LogP contribution < -0.4 is 5.32 Å². The lowest BCUT2D eigenvalue weighted by Gasteiger charge is -2.27. The second kappa shape index (κ2) is 4.13. The number of alkyl halides is 1. The van der Waals surface area contributed by atoms with Crippen molar-refractivity contribution in [1.29, 1.82) is 0 Å². The maximum Gasteiger partial charge on any atom is 0.223 e. The minimum absolute atomic E-state index is 0.0307. The van der Waals surface area contributed by atoms with Gasteiger partial charge in [-0.15, -0.1) is 11.6 Å².